The molecule has 0 unspecified atom stereocenters. The lowest BCUT2D eigenvalue weighted by atomic mass is 10.2. The Morgan fingerprint density at radius 3 is 2.52 bits per heavy atom. The third-order valence-corrected chi connectivity index (χ3v) is 3.81. The van der Waals surface area contributed by atoms with Crippen molar-refractivity contribution in [3.8, 4) is 0 Å². The maximum Gasteiger partial charge on any atom is 0.339 e. The van der Waals surface area contributed by atoms with Gasteiger partial charge in [-0.25, -0.2) is 4.79 Å². The fourth-order valence-electron chi connectivity index (χ4n) is 1.78. The van der Waals surface area contributed by atoms with Crippen molar-refractivity contribution in [3.05, 3.63) is 51.4 Å². The molecule has 0 fully saturated rings. The van der Waals surface area contributed by atoms with E-state index in [2.05, 4.69) is 4.74 Å². The second-order valence-electron chi connectivity index (χ2n) is 4.56. The number of hydrogen-bond acceptors (Lipinski definition) is 5. The van der Waals surface area contributed by atoms with Crippen LogP contribution in [0.15, 0.2) is 35.7 Å². The Balaban J connectivity index is 2.29. The Morgan fingerprint density at radius 2 is 1.95 bits per heavy atom. The van der Waals surface area contributed by atoms with Crippen LogP contribution in [0.5, 0.6) is 0 Å². The molecule has 0 aliphatic rings. The van der Waals surface area contributed by atoms with Crippen LogP contribution < -0.4 is 4.90 Å². The van der Waals surface area contributed by atoms with Gasteiger partial charge >= 0.3 is 5.97 Å². The lowest BCUT2D eigenvalue weighted by molar-refractivity contribution is -0.354. The molecule has 2 rings (SSSR count). The minimum atomic E-state index is -0.446. The van der Waals surface area contributed by atoms with Crippen LogP contribution in [0.2, 0.25) is 0 Å². The fourth-order valence-corrected chi connectivity index (χ4v) is 2.56. The van der Waals surface area contributed by atoms with Crippen molar-refractivity contribution in [3.63, 3.8) is 0 Å². The van der Waals surface area contributed by atoms with Crippen molar-refractivity contribution in [2.75, 3.05) is 26.1 Å². The number of benzene rings is 1. The first kappa shape index (κ1) is 15.1. The van der Waals surface area contributed by atoms with Crippen LogP contribution in [0.3, 0.4) is 0 Å². The Bertz CT molecular complexity index is 660. The summed E-state index contributed by atoms with van der Waals surface area (Å²) in [5.74, 6) is -0.446. The van der Waals surface area contributed by atoms with Gasteiger partial charge in [-0.15, -0.1) is 11.3 Å². The van der Waals surface area contributed by atoms with E-state index in [1.165, 1.54) is 24.7 Å². The first-order valence-electron chi connectivity index (χ1n) is 6.27. The number of thiophene rings is 1. The molecule has 0 aliphatic carbocycles. The minimum absolute atomic E-state index is 0.397. The molecule has 1 aromatic carbocycles. The zero-order valence-electron chi connectivity index (χ0n) is 12.1. The molecule has 1 heterocycles. The first-order valence-corrected chi connectivity index (χ1v) is 7.15. The second kappa shape index (κ2) is 6.41. The molecule has 5 nitrogen and oxygen atoms in total. The largest absolute Gasteiger partial charge is 0.618 e. The lowest BCUT2D eigenvalue weighted by Crippen LogP contribution is -2.08. The summed E-state index contributed by atoms with van der Waals surface area (Å²) in [6.07, 6.45) is 1.39. The number of rotatable bonds is 4. The van der Waals surface area contributed by atoms with Crippen molar-refractivity contribution in [1.82, 2.24) is 0 Å². The SMILES string of the molecule is COC(=O)c1ccsc1C=[N+]([O-])c1ccc(N(C)C)cc1. The van der Waals surface area contributed by atoms with Gasteiger partial charge in [0.25, 0.3) is 0 Å². The van der Waals surface area contributed by atoms with Crippen molar-refractivity contribution < 1.29 is 14.3 Å². The molecule has 0 saturated heterocycles. The fraction of sp³-hybridized carbons (Fsp3) is 0.200. The minimum Gasteiger partial charge on any atom is -0.618 e. The van der Waals surface area contributed by atoms with Gasteiger partial charge < -0.3 is 14.8 Å². The van der Waals surface area contributed by atoms with Gasteiger partial charge in [0.15, 0.2) is 6.21 Å². The number of hydrogen-bond donors (Lipinski definition) is 0. The normalized spacial score (nSPS) is 11.3. The van der Waals surface area contributed by atoms with Crippen molar-refractivity contribution in [2.45, 2.75) is 0 Å². The summed E-state index contributed by atoms with van der Waals surface area (Å²) in [7, 11) is 5.19. The molecule has 0 amide bonds. The van der Waals surface area contributed by atoms with Gasteiger partial charge in [-0.3, -0.25) is 0 Å². The maximum atomic E-state index is 12.2. The Kier molecular flexibility index (Phi) is 4.59. The highest BCUT2D eigenvalue weighted by Gasteiger charge is 2.14. The highest BCUT2D eigenvalue weighted by atomic mass is 32.1. The van der Waals surface area contributed by atoms with E-state index in [-0.39, 0.29) is 0 Å². The third-order valence-electron chi connectivity index (χ3n) is 2.96. The lowest BCUT2D eigenvalue weighted by Gasteiger charge is -2.12. The van der Waals surface area contributed by atoms with E-state index < -0.39 is 5.97 Å². The van der Waals surface area contributed by atoms with Gasteiger partial charge in [0, 0.05) is 31.9 Å². The smallest absolute Gasteiger partial charge is 0.339 e. The van der Waals surface area contributed by atoms with Crippen molar-refractivity contribution >= 4 is 34.9 Å². The highest BCUT2D eigenvalue weighted by Crippen LogP contribution is 2.20. The van der Waals surface area contributed by atoms with Crippen LogP contribution in [-0.2, 0) is 4.74 Å². The van der Waals surface area contributed by atoms with E-state index in [4.69, 9.17) is 0 Å². The monoisotopic (exact) mass is 304 g/mol. The van der Waals surface area contributed by atoms with Crippen molar-refractivity contribution in [1.29, 1.82) is 0 Å². The van der Waals surface area contributed by atoms with Gasteiger partial charge in [-0.05, 0) is 23.6 Å². The Labute approximate surface area is 127 Å². The topological polar surface area (TPSA) is 55.6 Å². The van der Waals surface area contributed by atoms with Gasteiger partial charge in [-0.2, -0.15) is 4.74 Å². The molecule has 0 aliphatic heterocycles. The summed E-state index contributed by atoms with van der Waals surface area (Å²) >= 11 is 1.32. The first-order chi connectivity index (χ1) is 10.0. The number of esters is 1. The maximum absolute atomic E-state index is 12.2. The Hall–Kier alpha value is -2.34. The van der Waals surface area contributed by atoms with Crippen LogP contribution in [-0.4, -0.2) is 38.1 Å². The summed E-state index contributed by atoms with van der Waals surface area (Å²) in [5, 5.41) is 13.9. The van der Waals surface area contributed by atoms with E-state index in [0.29, 0.717) is 16.1 Å². The predicted molar refractivity (Wildman–Crippen MR) is 84.9 cm³/mol. The average Bonchev–Trinajstić information content (AvgIpc) is 2.94. The second-order valence-corrected chi connectivity index (χ2v) is 5.50. The van der Waals surface area contributed by atoms with E-state index in [9.17, 15) is 10.0 Å². The van der Waals surface area contributed by atoms with E-state index in [1.807, 2.05) is 31.1 Å². The standard InChI is InChI=1S/C15H16N2O3S/c1-16(2)11-4-6-12(7-5-11)17(19)10-14-13(8-9-21-14)15(18)20-3/h4-10H,1-3H3. The summed E-state index contributed by atoms with van der Waals surface area (Å²) in [6, 6.07) is 8.85. The molecule has 0 saturated carbocycles. The number of ether oxygens (including phenoxy) is 1. The summed E-state index contributed by atoms with van der Waals surface area (Å²) in [5.41, 5.74) is 1.91. The molecule has 1 aromatic heterocycles. The molecule has 0 spiro atoms. The number of nitrogens with zero attached hydrogens (tertiary/aromatic N) is 2. The number of carbonyl (C=O) groups is 1. The summed E-state index contributed by atoms with van der Waals surface area (Å²) < 4.78 is 5.43. The van der Waals surface area contributed by atoms with Crippen LogP contribution >= 0.6 is 11.3 Å². The molecule has 21 heavy (non-hydrogen) atoms. The quantitative estimate of drug-likeness (QED) is 0.286. The molecular formula is C15H16N2O3S. The van der Waals surface area contributed by atoms with Crippen LogP contribution in [0.4, 0.5) is 11.4 Å². The molecule has 0 bridgehead atoms. The average molecular weight is 304 g/mol. The molecule has 2 aromatic rings. The van der Waals surface area contributed by atoms with E-state index in [1.54, 1.807) is 23.6 Å². The molecular weight excluding hydrogens is 288 g/mol. The van der Waals surface area contributed by atoms with Gasteiger partial charge in [0.1, 0.15) is 4.88 Å². The van der Waals surface area contributed by atoms with Gasteiger partial charge in [-0.1, -0.05) is 0 Å². The van der Waals surface area contributed by atoms with Crippen LogP contribution in [0.1, 0.15) is 15.2 Å². The van der Waals surface area contributed by atoms with Crippen LogP contribution in [0.25, 0.3) is 0 Å². The number of anilines is 1. The van der Waals surface area contributed by atoms with Crippen LogP contribution in [0, 0.1) is 5.21 Å². The molecule has 0 N–H and O–H groups in total. The van der Waals surface area contributed by atoms with Gasteiger partial charge in [0.2, 0.25) is 5.69 Å². The summed E-state index contributed by atoms with van der Waals surface area (Å²) in [6.45, 7) is 0. The van der Waals surface area contributed by atoms with E-state index in [0.717, 1.165) is 10.4 Å². The zero-order chi connectivity index (χ0) is 15.4. The molecule has 0 radical (unpaired) electrons. The van der Waals surface area contributed by atoms with Gasteiger partial charge in [0.05, 0.1) is 12.7 Å². The molecule has 6 heteroatoms. The predicted octanol–water partition coefficient (Wildman–Crippen LogP) is 2.86. The summed E-state index contributed by atoms with van der Waals surface area (Å²) in [4.78, 5) is 14.1. The number of methoxy groups -OCH3 is 1. The van der Waals surface area contributed by atoms with Crippen molar-refractivity contribution in [2.24, 2.45) is 0 Å². The zero-order valence-corrected chi connectivity index (χ0v) is 12.9. The Morgan fingerprint density at radius 1 is 1.29 bits per heavy atom. The number of carbonyl (C=O) groups excluding carboxylic acids is 1. The third kappa shape index (κ3) is 3.41. The van der Waals surface area contributed by atoms with E-state index >= 15 is 0 Å². The molecule has 0 atom stereocenters. The highest BCUT2D eigenvalue weighted by molar-refractivity contribution is 7.12. The molecule has 110 valence electrons.